The van der Waals surface area contributed by atoms with Crippen LogP contribution in [0.1, 0.15) is 34.1 Å². The second kappa shape index (κ2) is 4.55. The number of benzene rings is 2. The molecule has 0 bridgehead atoms. The fraction of sp³-hybridized carbons (Fsp3) is 0.222. The Morgan fingerprint density at radius 3 is 2.71 bits per heavy atom. The van der Waals surface area contributed by atoms with Crippen molar-refractivity contribution in [1.29, 1.82) is 0 Å². The maximum Gasteiger partial charge on any atom is 0.233 e. The van der Waals surface area contributed by atoms with E-state index in [-0.39, 0.29) is 11.8 Å². The molecule has 0 radical (unpaired) electrons. The number of aromatic nitrogens is 2. The fourth-order valence-corrected chi connectivity index (χ4v) is 3.21. The van der Waals surface area contributed by atoms with Gasteiger partial charge in [-0.1, -0.05) is 36.4 Å². The topological polar surface area (TPSA) is 34.9 Å². The van der Waals surface area contributed by atoms with Crippen molar-refractivity contribution in [3.8, 4) is 0 Å². The highest BCUT2D eigenvalue weighted by atomic mass is 16.2. The van der Waals surface area contributed by atoms with Crippen molar-refractivity contribution in [1.82, 2.24) is 9.55 Å². The quantitative estimate of drug-likeness (QED) is 0.679. The number of imidazole rings is 1. The van der Waals surface area contributed by atoms with E-state index in [0.717, 1.165) is 28.8 Å². The van der Waals surface area contributed by atoms with Gasteiger partial charge in [-0.15, -0.1) is 0 Å². The van der Waals surface area contributed by atoms with Gasteiger partial charge in [0.2, 0.25) is 5.91 Å². The number of rotatable bonds is 1. The molecule has 4 rings (SSSR count). The highest BCUT2D eigenvalue weighted by Crippen LogP contribution is 2.31. The molecule has 0 amide bonds. The molecule has 0 spiro atoms. The van der Waals surface area contributed by atoms with E-state index in [1.165, 1.54) is 5.56 Å². The third-order valence-electron chi connectivity index (χ3n) is 4.25. The molecule has 3 nitrogen and oxygen atoms in total. The third-order valence-corrected chi connectivity index (χ3v) is 4.25. The van der Waals surface area contributed by atoms with Crippen LogP contribution in [0.25, 0.3) is 11.0 Å². The first-order chi connectivity index (χ1) is 10.2. The highest BCUT2D eigenvalue weighted by molar-refractivity contribution is 5.92. The van der Waals surface area contributed by atoms with Gasteiger partial charge in [0, 0.05) is 12.8 Å². The summed E-state index contributed by atoms with van der Waals surface area (Å²) in [6.07, 6.45) is 1.37. The van der Waals surface area contributed by atoms with Crippen LogP contribution in [0.4, 0.5) is 0 Å². The maximum absolute atomic E-state index is 12.6. The molecule has 0 aliphatic carbocycles. The van der Waals surface area contributed by atoms with Gasteiger partial charge in [-0.25, -0.2) is 4.98 Å². The van der Waals surface area contributed by atoms with Gasteiger partial charge < -0.3 is 0 Å². The number of hydrogen-bond acceptors (Lipinski definition) is 2. The van der Waals surface area contributed by atoms with E-state index >= 15 is 0 Å². The minimum Gasteiger partial charge on any atom is -0.274 e. The standard InChI is InChI=1S/C18H16N2O/c1-12-7-8-15-16(9-12)20-17(19-15)10-14(11-18(20)21)13-5-3-2-4-6-13/h2-9,14H,10-11H2,1H3. The first-order valence-electron chi connectivity index (χ1n) is 7.28. The van der Waals surface area contributed by atoms with Gasteiger partial charge in [0.25, 0.3) is 0 Å². The van der Waals surface area contributed by atoms with Gasteiger partial charge in [0.15, 0.2) is 0 Å². The summed E-state index contributed by atoms with van der Waals surface area (Å²) in [6.45, 7) is 2.04. The zero-order chi connectivity index (χ0) is 14.4. The Morgan fingerprint density at radius 2 is 1.90 bits per heavy atom. The van der Waals surface area contributed by atoms with Crippen LogP contribution < -0.4 is 0 Å². The molecule has 1 atom stereocenters. The van der Waals surface area contributed by atoms with E-state index in [2.05, 4.69) is 17.1 Å². The van der Waals surface area contributed by atoms with Crippen molar-refractivity contribution < 1.29 is 4.79 Å². The maximum atomic E-state index is 12.6. The van der Waals surface area contributed by atoms with E-state index in [9.17, 15) is 4.79 Å². The summed E-state index contributed by atoms with van der Waals surface area (Å²) >= 11 is 0. The molecule has 3 heteroatoms. The summed E-state index contributed by atoms with van der Waals surface area (Å²) in [4.78, 5) is 17.2. The van der Waals surface area contributed by atoms with Crippen LogP contribution in [0.2, 0.25) is 0 Å². The Bertz CT molecular complexity index is 833. The lowest BCUT2D eigenvalue weighted by Crippen LogP contribution is -2.25. The Hall–Kier alpha value is -2.42. The van der Waals surface area contributed by atoms with Crippen molar-refractivity contribution in [3.63, 3.8) is 0 Å². The summed E-state index contributed by atoms with van der Waals surface area (Å²) < 4.78 is 1.81. The lowest BCUT2D eigenvalue weighted by molar-refractivity contribution is 0.0877. The Kier molecular flexibility index (Phi) is 2.67. The van der Waals surface area contributed by atoms with Gasteiger partial charge in [0.1, 0.15) is 5.82 Å². The van der Waals surface area contributed by atoms with E-state index in [1.54, 1.807) is 0 Å². The SMILES string of the molecule is Cc1ccc2nc3n(c2c1)C(=O)CC(c1ccccc1)C3. The van der Waals surface area contributed by atoms with Crippen LogP contribution in [-0.2, 0) is 6.42 Å². The van der Waals surface area contributed by atoms with Crippen molar-refractivity contribution in [2.45, 2.75) is 25.7 Å². The van der Waals surface area contributed by atoms with Crippen LogP contribution in [-0.4, -0.2) is 15.5 Å². The van der Waals surface area contributed by atoms with E-state index in [1.807, 2.05) is 47.9 Å². The molecular weight excluding hydrogens is 260 g/mol. The van der Waals surface area contributed by atoms with Gasteiger partial charge in [-0.3, -0.25) is 9.36 Å². The number of carbonyl (C=O) groups excluding carboxylic acids is 1. The van der Waals surface area contributed by atoms with Crippen molar-refractivity contribution in [3.05, 3.63) is 65.5 Å². The van der Waals surface area contributed by atoms with Crippen LogP contribution in [0, 0.1) is 6.92 Å². The van der Waals surface area contributed by atoms with Crippen molar-refractivity contribution in [2.75, 3.05) is 0 Å². The number of nitrogens with zero attached hydrogens (tertiary/aromatic N) is 2. The number of carbonyl (C=O) groups is 1. The molecule has 3 aromatic rings. The summed E-state index contributed by atoms with van der Waals surface area (Å²) in [5.74, 6) is 1.28. The Labute approximate surface area is 123 Å². The Morgan fingerprint density at radius 1 is 1.10 bits per heavy atom. The van der Waals surface area contributed by atoms with E-state index < -0.39 is 0 Å². The molecule has 1 aliphatic rings. The van der Waals surface area contributed by atoms with Crippen LogP contribution >= 0.6 is 0 Å². The van der Waals surface area contributed by atoms with Gasteiger partial charge in [-0.05, 0) is 36.1 Å². The Balaban J connectivity index is 1.82. The molecule has 1 aromatic heterocycles. The highest BCUT2D eigenvalue weighted by Gasteiger charge is 2.28. The van der Waals surface area contributed by atoms with E-state index in [0.29, 0.717) is 6.42 Å². The summed E-state index contributed by atoms with van der Waals surface area (Å²) in [5.41, 5.74) is 4.24. The monoisotopic (exact) mass is 276 g/mol. The van der Waals surface area contributed by atoms with Gasteiger partial charge in [0.05, 0.1) is 11.0 Å². The molecule has 0 saturated carbocycles. The first kappa shape index (κ1) is 12.3. The lowest BCUT2D eigenvalue weighted by atomic mass is 9.90. The summed E-state index contributed by atoms with van der Waals surface area (Å²) in [5, 5.41) is 0. The number of aryl methyl sites for hydroxylation is 1. The van der Waals surface area contributed by atoms with Crippen LogP contribution in [0.5, 0.6) is 0 Å². The minimum atomic E-state index is 0.151. The molecule has 104 valence electrons. The average Bonchev–Trinajstić information content (AvgIpc) is 2.86. The van der Waals surface area contributed by atoms with Gasteiger partial charge >= 0.3 is 0 Å². The first-order valence-corrected chi connectivity index (χ1v) is 7.28. The number of hydrogen-bond donors (Lipinski definition) is 0. The summed E-state index contributed by atoms with van der Waals surface area (Å²) in [7, 11) is 0. The second-order valence-electron chi connectivity index (χ2n) is 5.77. The second-order valence-corrected chi connectivity index (χ2v) is 5.77. The van der Waals surface area contributed by atoms with Crippen LogP contribution in [0.15, 0.2) is 48.5 Å². The smallest absolute Gasteiger partial charge is 0.233 e. The van der Waals surface area contributed by atoms with E-state index in [4.69, 9.17) is 0 Å². The molecule has 0 saturated heterocycles. The predicted molar refractivity (Wildman–Crippen MR) is 82.6 cm³/mol. The fourth-order valence-electron chi connectivity index (χ4n) is 3.21. The van der Waals surface area contributed by atoms with Crippen LogP contribution in [0.3, 0.4) is 0 Å². The molecule has 0 fully saturated rings. The predicted octanol–water partition coefficient (Wildman–Crippen LogP) is 3.71. The van der Waals surface area contributed by atoms with Crippen molar-refractivity contribution >= 4 is 16.9 Å². The molecule has 1 aliphatic heterocycles. The minimum absolute atomic E-state index is 0.151. The molecule has 0 N–H and O–H groups in total. The summed E-state index contributed by atoms with van der Waals surface area (Å²) in [6, 6.07) is 16.3. The molecular formula is C18H16N2O. The average molecular weight is 276 g/mol. The normalized spacial score (nSPS) is 18.0. The zero-order valence-corrected chi connectivity index (χ0v) is 11.9. The lowest BCUT2D eigenvalue weighted by Gasteiger charge is -2.22. The third kappa shape index (κ3) is 1.97. The molecule has 2 aromatic carbocycles. The number of fused-ring (bicyclic) bond motifs is 3. The largest absolute Gasteiger partial charge is 0.274 e. The molecule has 21 heavy (non-hydrogen) atoms. The molecule has 1 unspecified atom stereocenters. The zero-order valence-electron chi connectivity index (χ0n) is 11.9. The van der Waals surface area contributed by atoms with Gasteiger partial charge in [-0.2, -0.15) is 0 Å². The molecule has 2 heterocycles. The van der Waals surface area contributed by atoms with Crippen molar-refractivity contribution in [2.24, 2.45) is 0 Å².